The second-order valence-electron chi connectivity index (χ2n) is 4.11. The second kappa shape index (κ2) is 5.06. The summed E-state index contributed by atoms with van der Waals surface area (Å²) in [5, 5.41) is 0. The van der Waals surface area contributed by atoms with Crippen LogP contribution in [0.4, 0.5) is 10.5 Å². The fourth-order valence-electron chi connectivity index (χ4n) is 1.91. The number of halogens is 1. The predicted molar refractivity (Wildman–Crippen MR) is 70.2 cm³/mol. The normalized spacial score (nSPS) is 19.6. The van der Waals surface area contributed by atoms with E-state index in [1.807, 2.05) is 25.1 Å². The van der Waals surface area contributed by atoms with Gasteiger partial charge in [-0.3, -0.25) is 4.90 Å². The van der Waals surface area contributed by atoms with Crippen molar-refractivity contribution in [2.75, 3.05) is 18.1 Å². The van der Waals surface area contributed by atoms with Gasteiger partial charge < -0.3 is 10.5 Å². The van der Waals surface area contributed by atoms with Gasteiger partial charge in [-0.1, -0.05) is 22.0 Å². The first-order chi connectivity index (χ1) is 8.13. The van der Waals surface area contributed by atoms with Crippen molar-refractivity contribution in [3.63, 3.8) is 0 Å². The highest BCUT2D eigenvalue weighted by atomic mass is 79.9. The van der Waals surface area contributed by atoms with Crippen LogP contribution in [0.5, 0.6) is 0 Å². The van der Waals surface area contributed by atoms with Gasteiger partial charge in [0.1, 0.15) is 6.61 Å². The molecule has 1 heterocycles. The molecular weight excluding hydrogens is 284 g/mol. The number of rotatable bonds is 3. The highest BCUT2D eigenvalue weighted by Gasteiger charge is 2.33. The molecule has 0 saturated carbocycles. The fourth-order valence-corrected chi connectivity index (χ4v) is 2.28. The van der Waals surface area contributed by atoms with Crippen molar-refractivity contribution in [1.29, 1.82) is 0 Å². The van der Waals surface area contributed by atoms with Gasteiger partial charge in [-0.2, -0.15) is 0 Å². The Morgan fingerprint density at radius 2 is 2.35 bits per heavy atom. The summed E-state index contributed by atoms with van der Waals surface area (Å²) in [4.78, 5) is 13.4. The maximum atomic E-state index is 11.7. The number of carbonyl (C=O) groups is 1. The molecule has 1 aliphatic heterocycles. The van der Waals surface area contributed by atoms with Crippen LogP contribution in [0.3, 0.4) is 0 Å². The summed E-state index contributed by atoms with van der Waals surface area (Å²) in [7, 11) is 0. The minimum atomic E-state index is -0.292. The molecule has 2 rings (SSSR count). The third-order valence-corrected chi connectivity index (χ3v) is 3.75. The van der Waals surface area contributed by atoms with E-state index in [0.717, 1.165) is 22.1 Å². The number of hydrogen-bond donors (Lipinski definition) is 1. The lowest BCUT2D eigenvalue weighted by atomic mass is 10.1. The van der Waals surface area contributed by atoms with Gasteiger partial charge in [0.2, 0.25) is 0 Å². The van der Waals surface area contributed by atoms with Crippen molar-refractivity contribution in [2.45, 2.75) is 19.4 Å². The predicted octanol–water partition coefficient (Wildman–Crippen LogP) is 2.43. The summed E-state index contributed by atoms with van der Waals surface area (Å²) in [6.07, 6.45) is 0.455. The molecule has 0 bridgehead atoms. The van der Waals surface area contributed by atoms with E-state index in [0.29, 0.717) is 13.2 Å². The molecule has 1 saturated heterocycles. The van der Waals surface area contributed by atoms with Crippen molar-refractivity contribution in [3.8, 4) is 0 Å². The number of aryl methyl sites for hydroxylation is 1. The zero-order valence-corrected chi connectivity index (χ0v) is 11.2. The molecule has 5 heteroatoms. The van der Waals surface area contributed by atoms with E-state index in [9.17, 15) is 4.79 Å². The average molecular weight is 299 g/mol. The highest BCUT2D eigenvalue weighted by molar-refractivity contribution is 9.10. The van der Waals surface area contributed by atoms with Crippen LogP contribution >= 0.6 is 15.9 Å². The minimum absolute atomic E-state index is 0.0436. The number of anilines is 1. The first-order valence-electron chi connectivity index (χ1n) is 5.55. The Balaban J connectivity index is 2.29. The molecule has 0 radical (unpaired) electrons. The van der Waals surface area contributed by atoms with Gasteiger partial charge in [-0.05, 0) is 37.6 Å². The van der Waals surface area contributed by atoms with Crippen LogP contribution in [0.2, 0.25) is 0 Å². The lowest BCUT2D eigenvalue weighted by Gasteiger charge is -2.21. The van der Waals surface area contributed by atoms with E-state index >= 15 is 0 Å². The highest BCUT2D eigenvalue weighted by Crippen LogP contribution is 2.28. The minimum Gasteiger partial charge on any atom is -0.447 e. The summed E-state index contributed by atoms with van der Waals surface area (Å²) in [5.74, 6) is 0. The van der Waals surface area contributed by atoms with Crippen molar-refractivity contribution in [2.24, 2.45) is 5.73 Å². The maximum absolute atomic E-state index is 11.7. The summed E-state index contributed by atoms with van der Waals surface area (Å²) in [6.45, 7) is 2.97. The van der Waals surface area contributed by atoms with E-state index in [4.69, 9.17) is 10.5 Å². The Hall–Kier alpha value is -1.07. The largest absolute Gasteiger partial charge is 0.447 e. The summed E-state index contributed by atoms with van der Waals surface area (Å²) in [5.41, 5.74) is 7.53. The summed E-state index contributed by atoms with van der Waals surface area (Å²) >= 11 is 3.47. The maximum Gasteiger partial charge on any atom is 0.414 e. The van der Waals surface area contributed by atoms with Crippen molar-refractivity contribution >= 4 is 27.7 Å². The zero-order chi connectivity index (χ0) is 12.4. The van der Waals surface area contributed by atoms with Gasteiger partial charge >= 0.3 is 6.09 Å². The molecule has 1 unspecified atom stereocenters. The molecule has 1 atom stereocenters. The Bertz CT molecular complexity index is 437. The zero-order valence-electron chi connectivity index (χ0n) is 9.65. The lowest BCUT2D eigenvalue weighted by molar-refractivity contribution is 0.178. The number of nitrogens with zero attached hydrogens (tertiary/aromatic N) is 1. The number of hydrogen-bond acceptors (Lipinski definition) is 3. The molecule has 1 aromatic carbocycles. The van der Waals surface area contributed by atoms with Gasteiger partial charge in [0.15, 0.2) is 0 Å². The molecule has 1 aliphatic rings. The standard InChI is InChI=1S/C12H15BrN2O2/c1-8-2-3-9(6-11(8)13)15-10(4-5-14)7-17-12(15)16/h2-3,6,10H,4-5,7,14H2,1H3. The first kappa shape index (κ1) is 12.4. The lowest BCUT2D eigenvalue weighted by Crippen LogP contribution is -2.34. The second-order valence-corrected chi connectivity index (χ2v) is 4.97. The van der Waals surface area contributed by atoms with Gasteiger partial charge in [0.05, 0.1) is 6.04 Å². The third kappa shape index (κ3) is 2.45. The molecule has 0 aromatic heterocycles. The number of cyclic esters (lactones) is 1. The molecule has 17 heavy (non-hydrogen) atoms. The van der Waals surface area contributed by atoms with Crippen molar-refractivity contribution in [3.05, 3.63) is 28.2 Å². The first-order valence-corrected chi connectivity index (χ1v) is 6.35. The van der Waals surface area contributed by atoms with Crippen LogP contribution in [-0.4, -0.2) is 25.3 Å². The van der Waals surface area contributed by atoms with E-state index < -0.39 is 0 Å². The van der Waals surface area contributed by atoms with Crippen LogP contribution in [0.15, 0.2) is 22.7 Å². The Morgan fingerprint density at radius 1 is 1.59 bits per heavy atom. The molecule has 4 nitrogen and oxygen atoms in total. The number of carbonyl (C=O) groups excluding carboxylic acids is 1. The van der Waals surface area contributed by atoms with Crippen LogP contribution < -0.4 is 10.6 Å². The van der Waals surface area contributed by atoms with Crippen LogP contribution in [0.25, 0.3) is 0 Å². The van der Waals surface area contributed by atoms with Gasteiger partial charge in [0, 0.05) is 10.2 Å². The smallest absolute Gasteiger partial charge is 0.414 e. The molecular formula is C12H15BrN2O2. The summed E-state index contributed by atoms with van der Waals surface area (Å²) < 4.78 is 6.06. The molecule has 2 N–H and O–H groups in total. The molecule has 0 aliphatic carbocycles. The van der Waals surface area contributed by atoms with Crippen molar-refractivity contribution < 1.29 is 9.53 Å². The van der Waals surface area contributed by atoms with E-state index in [1.54, 1.807) is 4.90 Å². The Labute approximate surface area is 109 Å². The van der Waals surface area contributed by atoms with Gasteiger partial charge in [0.25, 0.3) is 0 Å². The topological polar surface area (TPSA) is 55.6 Å². The fraction of sp³-hybridized carbons (Fsp3) is 0.417. The SMILES string of the molecule is Cc1ccc(N2C(=O)OCC2CCN)cc1Br. The van der Waals surface area contributed by atoms with Gasteiger partial charge in [-0.25, -0.2) is 4.79 Å². The Kier molecular flexibility index (Phi) is 3.69. The number of nitrogens with two attached hydrogens (primary N) is 1. The quantitative estimate of drug-likeness (QED) is 0.932. The molecule has 1 amide bonds. The average Bonchev–Trinajstić information content (AvgIpc) is 2.65. The van der Waals surface area contributed by atoms with Crippen LogP contribution in [0, 0.1) is 6.92 Å². The van der Waals surface area contributed by atoms with E-state index in [1.165, 1.54) is 0 Å². The monoisotopic (exact) mass is 298 g/mol. The van der Waals surface area contributed by atoms with Crippen LogP contribution in [-0.2, 0) is 4.74 Å². The number of ether oxygens (including phenoxy) is 1. The summed E-state index contributed by atoms with van der Waals surface area (Å²) in [6, 6.07) is 5.88. The molecule has 1 aromatic rings. The number of amides is 1. The Morgan fingerprint density at radius 3 is 3.00 bits per heavy atom. The molecule has 1 fully saturated rings. The van der Waals surface area contributed by atoms with Gasteiger partial charge in [-0.15, -0.1) is 0 Å². The van der Waals surface area contributed by atoms with Crippen LogP contribution in [0.1, 0.15) is 12.0 Å². The van der Waals surface area contributed by atoms with E-state index in [-0.39, 0.29) is 12.1 Å². The molecule has 92 valence electrons. The number of benzene rings is 1. The molecule has 0 spiro atoms. The van der Waals surface area contributed by atoms with E-state index in [2.05, 4.69) is 15.9 Å². The van der Waals surface area contributed by atoms with Crippen molar-refractivity contribution in [1.82, 2.24) is 0 Å². The third-order valence-electron chi connectivity index (χ3n) is 2.89.